The Balaban J connectivity index is 0.000000208. The molecule has 0 aromatic heterocycles. The number of hydrogen-bond acceptors (Lipinski definition) is 10. The van der Waals surface area contributed by atoms with Crippen molar-refractivity contribution in [1.29, 1.82) is 0 Å². The maximum Gasteiger partial charge on any atom is 0.584 e. The molecule has 0 bridgehead atoms. The van der Waals surface area contributed by atoms with Gasteiger partial charge in [0.25, 0.3) is 0 Å². The van der Waals surface area contributed by atoms with Gasteiger partial charge in [0, 0.05) is 0 Å². The highest BCUT2D eigenvalue weighted by atomic mass is 31.2. The zero-order valence-electron chi connectivity index (χ0n) is 27.4. The number of phosphoric acid groups is 3. The van der Waals surface area contributed by atoms with Gasteiger partial charge >= 0.3 is 23.5 Å². The van der Waals surface area contributed by atoms with Gasteiger partial charge in [0.15, 0.2) is 0 Å². The summed E-state index contributed by atoms with van der Waals surface area (Å²) in [5, 5.41) is 0. The van der Waals surface area contributed by atoms with E-state index in [0.29, 0.717) is 0 Å². The summed E-state index contributed by atoms with van der Waals surface area (Å²) in [5.41, 5.74) is 0. The van der Waals surface area contributed by atoms with Gasteiger partial charge in [-0.1, -0.05) is 109 Å². The van der Waals surface area contributed by atoms with Crippen LogP contribution in [0.4, 0.5) is 0 Å². The number of para-hydroxylation sites is 6. The van der Waals surface area contributed by atoms with Crippen LogP contribution in [-0.4, -0.2) is 14.7 Å². The summed E-state index contributed by atoms with van der Waals surface area (Å²) in [5.74, 6) is 1.72. The molecule has 0 fully saturated rings. The number of rotatable bonds is 12. The highest BCUT2D eigenvalue weighted by Crippen LogP contribution is 2.46. The average Bonchev–Trinajstić information content (AvgIpc) is 3.10. The second-order valence-corrected chi connectivity index (χ2v) is 13.7. The Morgan fingerprint density at radius 2 is 0.385 bits per heavy atom. The third-order valence-corrected chi connectivity index (χ3v) is 8.43. The summed E-state index contributed by atoms with van der Waals surface area (Å²) in [4.78, 5) is 28.6. The summed E-state index contributed by atoms with van der Waals surface area (Å²) in [6, 6.07) is 50.2. The van der Waals surface area contributed by atoms with Crippen LogP contribution in [0.25, 0.3) is 0 Å². The molecule has 0 aliphatic heterocycles. The molecule has 0 unspecified atom stereocenters. The zero-order chi connectivity index (χ0) is 36.4. The Bertz CT molecular complexity index is 1640. The van der Waals surface area contributed by atoms with E-state index in [1.165, 1.54) is 0 Å². The molecule has 0 saturated heterocycles. The predicted molar refractivity (Wildman–Crippen MR) is 197 cm³/mol. The summed E-state index contributed by atoms with van der Waals surface area (Å²) >= 11 is 0. The van der Waals surface area contributed by atoms with Crippen LogP contribution >= 0.6 is 23.5 Å². The Morgan fingerprint density at radius 3 is 0.500 bits per heavy atom. The lowest BCUT2D eigenvalue weighted by molar-refractivity contribution is 0.289. The fourth-order valence-corrected chi connectivity index (χ4v) is 6.18. The second kappa shape index (κ2) is 20.5. The molecule has 6 aromatic carbocycles. The topological polar surface area (TPSA) is 202 Å². The van der Waals surface area contributed by atoms with E-state index in [1.54, 1.807) is 182 Å². The lowest BCUT2D eigenvalue weighted by Crippen LogP contribution is -1.99. The molecule has 6 aromatic rings. The van der Waals surface area contributed by atoms with E-state index < -0.39 is 23.5 Å². The summed E-state index contributed by atoms with van der Waals surface area (Å²) in [7, 11) is -12.4. The highest BCUT2D eigenvalue weighted by molar-refractivity contribution is 7.48. The summed E-state index contributed by atoms with van der Waals surface area (Å²) < 4.78 is 64.4. The van der Waals surface area contributed by atoms with Gasteiger partial charge in [-0.05, 0) is 72.8 Å². The minimum Gasteiger partial charge on any atom is -0.395 e. The van der Waals surface area contributed by atoms with Gasteiger partial charge < -0.3 is 33.3 Å². The van der Waals surface area contributed by atoms with Gasteiger partial charge in [0.05, 0.1) is 0 Å². The van der Waals surface area contributed by atoms with Crippen molar-refractivity contribution in [3.8, 4) is 34.5 Å². The van der Waals surface area contributed by atoms with E-state index in [4.69, 9.17) is 27.1 Å². The smallest absolute Gasteiger partial charge is 0.395 e. The normalized spacial score (nSPS) is 10.7. The SMILES string of the molecule is N.O=P(O)(Oc1ccccc1)Oc1ccccc1.O=P(O)(Oc1ccccc1)Oc1ccccc1.O=P(O)(Oc1ccccc1)Oc1ccccc1. The molecular formula is C36H36NO12P3. The van der Waals surface area contributed by atoms with E-state index in [-0.39, 0.29) is 40.6 Å². The molecule has 0 heterocycles. The Morgan fingerprint density at radius 1 is 0.269 bits per heavy atom. The first-order chi connectivity index (χ1) is 24.5. The standard InChI is InChI=1S/3C12H11O4P.H3N/c3*13-17(14,15-11-7-3-1-4-8-11)16-12-9-5-2-6-10-12;/h3*1-10H,(H,13,14);1H3. The Labute approximate surface area is 301 Å². The third kappa shape index (κ3) is 16.1. The molecule has 0 spiro atoms. The summed E-state index contributed by atoms with van der Waals surface area (Å²) in [6.45, 7) is 0. The maximum absolute atomic E-state index is 11.7. The summed E-state index contributed by atoms with van der Waals surface area (Å²) in [6.07, 6.45) is 0. The Kier molecular flexibility index (Phi) is 16.2. The van der Waals surface area contributed by atoms with E-state index >= 15 is 0 Å². The number of hydrogen-bond donors (Lipinski definition) is 4. The van der Waals surface area contributed by atoms with Crippen molar-refractivity contribution in [2.45, 2.75) is 0 Å². The van der Waals surface area contributed by atoms with Gasteiger partial charge in [-0.25, -0.2) is 13.7 Å². The van der Waals surface area contributed by atoms with E-state index in [9.17, 15) is 28.4 Å². The van der Waals surface area contributed by atoms with Crippen molar-refractivity contribution in [3.05, 3.63) is 182 Å². The number of benzene rings is 6. The van der Waals surface area contributed by atoms with Crippen molar-refractivity contribution >= 4 is 23.5 Å². The van der Waals surface area contributed by atoms with Crippen molar-refractivity contribution < 1.29 is 55.5 Å². The van der Waals surface area contributed by atoms with Gasteiger partial charge in [-0.15, -0.1) is 0 Å². The van der Waals surface area contributed by atoms with E-state index in [1.807, 2.05) is 0 Å². The lowest BCUT2D eigenvalue weighted by atomic mass is 10.3. The van der Waals surface area contributed by atoms with Crippen LogP contribution in [0.15, 0.2) is 182 Å². The van der Waals surface area contributed by atoms with Crippen molar-refractivity contribution in [2.75, 3.05) is 0 Å². The minimum atomic E-state index is -4.14. The molecule has 0 atom stereocenters. The molecule has 0 saturated carbocycles. The van der Waals surface area contributed by atoms with Crippen molar-refractivity contribution in [1.82, 2.24) is 6.15 Å². The van der Waals surface area contributed by atoms with Crippen molar-refractivity contribution in [3.63, 3.8) is 0 Å². The first-order valence-corrected chi connectivity index (χ1v) is 19.4. The monoisotopic (exact) mass is 767 g/mol. The Hall–Kier alpha value is -5.35. The first-order valence-electron chi connectivity index (χ1n) is 14.9. The van der Waals surface area contributed by atoms with Crippen LogP contribution < -0.4 is 33.3 Å². The lowest BCUT2D eigenvalue weighted by Gasteiger charge is -2.13. The minimum absolute atomic E-state index is 0. The van der Waals surface area contributed by atoms with Gasteiger partial charge in [0.2, 0.25) is 0 Å². The molecule has 0 radical (unpaired) electrons. The zero-order valence-corrected chi connectivity index (χ0v) is 30.1. The van der Waals surface area contributed by atoms with Gasteiger partial charge in [0.1, 0.15) is 34.5 Å². The maximum atomic E-state index is 11.7. The molecule has 6 N–H and O–H groups in total. The van der Waals surface area contributed by atoms with Gasteiger partial charge in [-0.3, -0.25) is 14.7 Å². The molecule has 0 aliphatic carbocycles. The van der Waals surface area contributed by atoms with E-state index in [0.717, 1.165) is 0 Å². The molecule has 6 rings (SSSR count). The first kappa shape index (κ1) is 41.1. The average molecular weight is 768 g/mol. The fraction of sp³-hybridized carbons (Fsp3) is 0. The largest absolute Gasteiger partial charge is 0.584 e. The van der Waals surface area contributed by atoms with Crippen molar-refractivity contribution in [2.24, 2.45) is 0 Å². The third-order valence-electron chi connectivity index (χ3n) is 5.78. The van der Waals surface area contributed by atoms with Crippen LogP contribution in [0.5, 0.6) is 34.5 Å². The molecule has 272 valence electrons. The van der Waals surface area contributed by atoms with Crippen LogP contribution in [0.2, 0.25) is 0 Å². The quantitative estimate of drug-likeness (QED) is 0.0858. The second-order valence-electron chi connectivity index (χ2n) is 9.83. The molecule has 0 aliphatic rings. The molecule has 13 nitrogen and oxygen atoms in total. The number of phosphoric ester groups is 3. The molecule has 52 heavy (non-hydrogen) atoms. The van der Waals surface area contributed by atoms with Crippen LogP contribution in [-0.2, 0) is 13.7 Å². The van der Waals surface area contributed by atoms with E-state index in [2.05, 4.69) is 0 Å². The highest BCUT2D eigenvalue weighted by Gasteiger charge is 2.26. The predicted octanol–water partition coefficient (Wildman–Crippen LogP) is 9.90. The molecule has 16 heteroatoms. The fourth-order valence-electron chi connectivity index (χ4n) is 3.74. The van der Waals surface area contributed by atoms with Gasteiger partial charge in [-0.2, -0.15) is 0 Å². The van der Waals surface area contributed by atoms with Crippen LogP contribution in [0, 0.1) is 0 Å². The van der Waals surface area contributed by atoms with Crippen LogP contribution in [0.1, 0.15) is 0 Å². The molecular weight excluding hydrogens is 731 g/mol. The van der Waals surface area contributed by atoms with Crippen LogP contribution in [0.3, 0.4) is 0 Å². The molecule has 0 amide bonds.